The molecule has 1 saturated heterocycles. The van der Waals surface area contributed by atoms with Crippen molar-refractivity contribution in [2.45, 2.75) is 37.5 Å². The Morgan fingerprint density at radius 3 is 2.53 bits per heavy atom. The molecule has 0 aromatic rings. The van der Waals surface area contributed by atoms with Crippen molar-refractivity contribution in [3.05, 3.63) is 0 Å². The Labute approximate surface area is 97.7 Å². The highest BCUT2D eigenvalue weighted by Gasteiger charge is 2.25. The van der Waals surface area contributed by atoms with Crippen molar-refractivity contribution in [3.8, 4) is 0 Å². The molecule has 0 aromatic heterocycles. The van der Waals surface area contributed by atoms with Gasteiger partial charge in [-0.3, -0.25) is 0 Å². The van der Waals surface area contributed by atoms with Gasteiger partial charge < -0.3 is 10.1 Å². The zero-order chi connectivity index (χ0) is 10.5. The standard InChI is InChI=1S/C12H22ClNO/c13-12-3-1-2-11(12)9-14-8-10-4-6-15-7-5-10/h10-12,14H,1-9H2. The van der Waals surface area contributed by atoms with Gasteiger partial charge in [-0.25, -0.2) is 0 Å². The average Bonchev–Trinajstić information content (AvgIpc) is 2.66. The first kappa shape index (κ1) is 11.7. The molecule has 2 rings (SSSR count). The molecule has 1 N–H and O–H groups in total. The topological polar surface area (TPSA) is 21.3 Å². The first-order chi connectivity index (χ1) is 7.36. The van der Waals surface area contributed by atoms with Gasteiger partial charge >= 0.3 is 0 Å². The first-order valence-corrected chi connectivity index (χ1v) is 6.72. The second kappa shape index (κ2) is 6.07. The van der Waals surface area contributed by atoms with Gasteiger partial charge in [-0.15, -0.1) is 11.6 Å². The van der Waals surface area contributed by atoms with E-state index < -0.39 is 0 Å². The lowest BCUT2D eigenvalue weighted by Crippen LogP contribution is -2.32. The molecule has 2 fully saturated rings. The van der Waals surface area contributed by atoms with Crippen LogP contribution in [0, 0.1) is 11.8 Å². The molecule has 1 heterocycles. The summed E-state index contributed by atoms with van der Waals surface area (Å²) in [7, 11) is 0. The summed E-state index contributed by atoms with van der Waals surface area (Å²) in [6.07, 6.45) is 6.29. The fraction of sp³-hybridized carbons (Fsp3) is 1.00. The number of hydrogen-bond acceptors (Lipinski definition) is 2. The first-order valence-electron chi connectivity index (χ1n) is 6.29. The Morgan fingerprint density at radius 1 is 1.07 bits per heavy atom. The van der Waals surface area contributed by atoms with Crippen LogP contribution in [0.15, 0.2) is 0 Å². The van der Waals surface area contributed by atoms with Crippen molar-refractivity contribution in [2.24, 2.45) is 11.8 Å². The van der Waals surface area contributed by atoms with Gasteiger partial charge in [0, 0.05) is 18.6 Å². The average molecular weight is 232 g/mol. The molecule has 0 aromatic carbocycles. The molecule has 0 spiro atoms. The van der Waals surface area contributed by atoms with Crippen LogP contribution in [0.3, 0.4) is 0 Å². The molecule has 1 aliphatic carbocycles. The molecule has 2 aliphatic rings. The highest BCUT2D eigenvalue weighted by molar-refractivity contribution is 6.20. The van der Waals surface area contributed by atoms with Crippen molar-refractivity contribution >= 4 is 11.6 Å². The summed E-state index contributed by atoms with van der Waals surface area (Å²) in [6, 6.07) is 0. The molecular weight excluding hydrogens is 210 g/mol. The lowest BCUT2D eigenvalue weighted by molar-refractivity contribution is 0.0661. The van der Waals surface area contributed by atoms with E-state index in [1.807, 2.05) is 0 Å². The molecule has 2 atom stereocenters. The maximum Gasteiger partial charge on any atom is 0.0469 e. The lowest BCUT2D eigenvalue weighted by Gasteiger charge is -2.23. The fourth-order valence-electron chi connectivity index (χ4n) is 2.64. The second-order valence-electron chi connectivity index (χ2n) is 4.92. The summed E-state index contributed by atoms with van der Waals surface area (Å²) in [6.45, 7) is 4.18. The second-order valence-corrected chi connectivity index (χ2v) is 5.48. The smallest absolute Gasteiger partial charge is 0.0469 e. The van der Waals surface area contributed by atoms with Crippen molar-refractivity contribution in [2.75, 3.05) is 26.3 Å². The Bertz CT molecular complexity index is 182. The van der Waals surface area contributed by atoms with Gasteiger partial charge in [0.2, 0.25) is 0 Å². The quantitative estimate of drug-likeness (QED) is 0.751. The summed E-state index contributed by atoms with van der Waals surface area (Å²) >= 11 is 6.24. The van der Waals surface area contributed by atoms with Gasteiger partial charge in [0.25, 0.3) is 0 Å². The zero-order valence-electron chi connectivity index (χ0n) is 9.38. The summed E-state index contributed by atoms with van der Waals surface area (Å²) in [5.41, 5.74) is 0. The molecular formula is C12H22ClNO. The number of hydrogen-bond donors (Lipinski definition) is 1. The van der Waals surface area contributed by atoms with E-state index in [-0.39, 0.29) is 0 Å². The number of ether oxygens (including phenoxy) is 1. The molecule has 2 nitrogen and oxygen atoms in total. The lowest BCUT2D eigenvalue weighted by atomic mass is 10.00. The van der Waals surface area contributed by atoms with E-state index in [0.29, 0.717) is 11.3 Å². The Morgan fingerprint density at radius 2 is 1.87 bits per heavy atom. The minimum absolute atomic E-state index is 0.423. The van der Waals surface area contributed by atoms with Crippen LogP contribution in [0.5, 0.6) is 0 Å². The third-order valence-electron chi connectivity index (χ3n) is 3.75. The maximum absolute atomic E-state index is 6.24. The van der Waals surface area contributed by atoms with Gasteiger partial charge in [-0.2, -0.15) is 0 Å². The predicted molar refractivity (Wildman–Crippen MR) is 63.4 cm³/mol. The summed E-state index contributed by atoms with van der Waals surface area (Å²) < 4.78 is 5.35. The minimum Gasteiger partial charge on any atom is -0.381 e. The number of nitrogens with one attached hydrogen (secondary N) is 1. The number of alkyl halides is 1. The van der Waals surface area contributed by atoms with E-state index in [1.54, 1.807) is 0 Å². The zero-order valence-corrected chi connectivity index (χ0v) is 10.1. The van der Waals surface area contributed by atoms with Crippen LogP contribution in [-0.4, -0.2) is 31.7 Å². The van der Waals surface area contributed by atoms with Crippen molar-refractivity contribution in [3.63, 3.8) is 0 Å². The van der Waals surface area contributed by atoms with Gasteiger partial charge in [0.05, 0.1) is 0 Å². The highest BCUT2D eigenvalue weighted by atomic mass is 35.5. The van der Waals surface area contributed by atoms with E-state index in [9.17, 15) is 0 Å². The van der Waals surface area contributed by atoms with Gasteiger partial charge in [-0.1, -0.05) is 6.42 Å². The Kier molecular flexibility index (Phi) is 4.73. The predicted octanol–water partition coefficient (Wildman–Crippen LogP) is 2.41. The van der Waals surface area contributed by atoms with Gasteiger partial charge in [0.1, 0.15) is 0 Å². The van der Waals surface area contributed by atoms with Crippen LogP contribution in [0.4, 0.5) is 0 Å². The summed E-state index contributed by atoms with van der Waals surface area (Å²) in [4.78, 5) is 0. The van der Waals surface area contributed by atoms with Crippen LogP contribution in [-0.2, 0) is 4.74 Å². The van der Waals surface area contributed by atoms with Crippen molar-refractivity contribution < 1.29 is 4.74 Å². The molecule has 0 bridgehead atoms. The molecule has 3 heteroatoms. The summed E-state index contributed by atoms with van der Waals surface area (Å²) in [5, 5.41) is 4.01. The Hall–Kier alpha value is 0.210. The van der Waals surface area contributed by atoms with E-state index in [0.717, 1.165) is 32.2 Å². The minimum atomic E-state index is 0.423. The van der Waals surface area contributed by atoms with Crippen LogP contribution < -0.4 is 5.32 Å². The van der Waals surface area contributed by atoms with Gasteiger partial charge in [0.15, 0.2) is 0 Å². The number of rotatable bonds is 4. The van der Waals surface area contributed by atoms with Crippen LogP contribution in [0.2, 0.25) is 0 Å². The van der Waals surface area contributed by atoms with Crippen LogP contribution in [0.1, 0.15) is 32.1 Å². The highest BCUT2D eigenvalue weighted by Crippen LogP contribution is 2.29. The van der Waals surface area contributed by atoms with Crippen LogP contribution >= 0.6 is 11.6 Å². The largest absolute Gasteiger partial charge is 0.381 e. The monoisotopic (exact) mass is 231 g/mol. The normalized spacial score (nSPS) is 33.4. The van der Waals surface area contributed by atoms with Crippen LogP contribution in [0.25, 0.3) is 0 Å². The summed E-state index contributed by atoms with van der Waals surface area (Å²) in [5.74, 6) is 1.54. The van der Waals surface area contributed by atoms with Crippen molar-refractivity contribution in [1.29, 1.82) is 0 Å². The van der Waals surface area contributed by atoms with E-state index in [1.165, 1.54) is 32.1 Å². The van der Waals surface area contributed by atoms with E-state index in [4.69, 9.17) is 16.3 Å². The number of halogens is 1. The molecule has 88 valence electrons. The molecule has 2 unspecified atom stereocenters. The Balaban J connectivity index is 1.57. The van der Waals surface area contributed by atoms with E-state index >= 15 is 0 Å². The molecule has 1 aliphatic heterocycles. The molecule has 0 radical (unpaired) electrons. The van der Waals surface area contributed by atoms with E-state index in [2.05, 4.69) is 5.32 Å². The molecule has 1 saturated carbocycles. The van der Waals surface area contributed by atoms with Crippen molar-refractivity contribution in [1.82, 2.24) is 5.32 Å². The maximum atomic E-state index is 6.24. The van der Waals surface area contributed by atoms with Gasteiger partial charge in [-0.05, 0) is 50.6 Å². The fourth-order valence-corrected chi connectivity index (χ4v) is 3.01. The SMILES string of the molecule is ClC1CCCC1CNCC1CCOCC1. The third kappa shape index (κ3) is 3.61. The molecule has 0 amide bonds. The third-order valence-corrected chi connectivity index (χ3v) is 4.32. The molecule has 15 heavy (non-hydrogen) atoms.